The van der Waals surface area contributed by atoms with E-state index in [1.54, 1.807) is 0 Å². The van der Waals surface area contributed by atoms with Crippen molar-refractivity contribution < 1.29 is 23.1 Å². The van der Waals surface area contributed by atoms with Gasteiger partial charge >= 0.3 is 5.97 Å². The molecule has 6 nitrogen and oxygen atoms in total. The van der Waals surface area contributed by atoms with Gasteiger partial charge in [0, 0.05) is 19.1 Å². The summed E-state index contributed by atoms with van der Waals surface area (Å²) in [6.45, 7) is 2.95. The first-order valence-corrected chi connectivity index (χ1v) is 8.29. The van der Waals surface area contributed by atoms with E-state index in [1.807, 2.05) is 6.92 Å². The second-order valence-corrected chi connectivity index (χ2v) is 6.96. The largest absolute Gasteiger partial charge is 0.481 e. The minimum Gasteiger partial charge on any atom is -0.481 e. The van der Waals surface area contributed by atoms with Crippen LogP contribution in [0.4, 0.5) is 0 Å². The number of hydrogen-bond donors (Lipinski definition) is 2. The Balaban J connectivity index is 2.00. The predicted octanol–water partition coefficient (Wildman–Crippen LogP) is 1.02. The van der Waals surface area contributed by atoms with Crippen LogP contribution in [-0.2, 0) is 26.0 Å². The van der Waals surface area contributed by atoms with Gasteiger partial charge in [0.25, 0.3) is 0 Å². The Morgan fingerprint density at radius 3 is 2.57 bits per heavy atom. The maximum absolute atomic E-state index is 12.2. The number of benzene rings is 1. The number of aliphatic carboxylic acids is 1. The van der Waals surface area contributed by atoms with Crippen molar-refractivity contribution in [2.75, 3.05) is 13.2 Å². The molecule has 21 heavy (non-hydrogen) atoms. The van der Waals surface area contributed by atoms with E-state index >= 15 is 0 Å². The average Bonchev–Trinajstić information content (AvgIpc) is 2.82. The van der Waals surface area contributed by atoms with Crippen molar-refractivity contribution in [1.29, 1.82) is 0 Å². The summed E-state index contributed by atoms with van der Waals surface area (Å²) in [6.07, 6.45) is 0.789. The van der Waals surface area contributed by atoms with Gasteiger partial charge in [-0.15, -0.1) is 0 Å². The highest BCUT2D eigenvalue weighted by molar-refractivity contribution is 7.89. The molecule has 2 N–H and O–H groups in total. The van der Waals surface area contributed by atoms with Crippen molar-refractivity contribution in [3.05, 3.63) is 29.8 Å². The predicted molar refractivity (Wildman–Crippen MR) is 76.5 cm³/mol. The van der Waals surface area contributed by atoms with Crippen molar-refractivity contribution in [3.8, 4) is 0 Å². The molecule has 7 heteroatoms. The molecule has 1 aromatic rings. The first kappa shape index (κ1) is 15.9. The fourth-order valence-electron chi connectivity index (χ4n) is 2.31. The van der Waals surface area contributed by atoms with Gasteiger partial charge in [0.15, 0.2) is 0 Å². The van der Waals surface area contributed by atoms with E-state index in [4.69, 9.17) is 9.84 Å². The van der Waals surface area contributed by atoms with Gasteiger partial charge in [0.1, 0.15) is 0 Å². The van der Waals surface area contributed by atoms with Crippen LogP contribution < -0.4 is 4.72 Å². The third-order valence-corrected chi connectivity index (χ3v) is 5.10. The molecule has 0 bridgehead atoms. The molecule has 0 radical (unpaired) electrons. The lowest BCUT2D eigenvalue weighted by atomic mass is 10.0. The molecule has 2 unspecified atom stereocenters. The smallest absolute Gasteiger partial charge is 0.307 e. The third kappa shape index (κ3) is 4.26. The Bertz CT molecular complexity index is 596. The SMILES string of the molecule is CC1OCCC1CNS(=O)(=O)c1ccc(CC(=O)O)cc1. The summed E-state index contributed by atoms with van der Waals surface area (Å²) >= 11 is 0. The highest BCUT2D eigenvalue weighted by atomic mass is 32.2. The van der Waals surface area contributed by atoms with Gasteiger partial charge in [-0.3, -0.25) is 4.79 Å². The molecule has 1 aliphatic heterocycles. The van der Waals surface area contributed by atoms with Gasteiger partial charge in [0.05, 0.1) is 17.4 Å². The third-order valence-electron chi connectivity index (χ3n) is 3.66. The number of carbonyl (C=O) groups is 1. The molecular weight excluding hydrogens is 294 g/mol. The Hall–Kier alpha value is -1.44. The molecular formula is C14H19NO5S. The van der Waals surface area contributed by atoms with Crippen LogP contribution in [0.15, 0.2) is 29.2 Å². The van der Waals surface area contributed by atoms with E-state index in [1.165, 1.54) is 24.3 Å². The van der Waals surface area contributed by atoms with Gasteiger partial charge in [-0.25, -0.2) is 13.1 Å². The van der Waals surface area contributed by atoms with Crippen LogP contribution in [0.5, 0.6) is 0 Å². The molecule has 0 amide bonds. The molecule has 1 saturated heterocycles. The zero-order valence-corrected chi connectivity index (χ0v) is 12.6. The number of sulfonamides is 1. The Morgan fingerprint density at radius 2 is 2.05 bits per heavy atom. The zero-order chi connectivity index (χ0) is 15.5. The molecule has 1 heterocycles. The summed E-state index contributed by atoms with van der Waals surface area (Å²) in [6, 6.07) is 5.89. The standard InChI is InChI=1S/C14H19NO5S/c1-10-12(6-7-20-10)9-15-21(18,19)13-4-2-11(3-5-13)8-14(16)17/h2-5,10,12,15H,6-9H2,1H3,(H,16,17). The van der Waals surface area contributed by atoms with E-state index in [0.717, 1.165) is 6.42 Å². The van der Waals surface area contributed by atoms with E-state index in [0.29, 0.717) is 18.7 Å². The van der Waals surface area contributed by atoms with E-state index in [9.17, 15) is 13.2 Å². The second-order valence-electron chi connectivity index (χ2n) is 5.19. The highest BCUT2D eigenvalue weighted by Crippen LogP contribution is 2.20. The van der Waals surface area contributed by atoms with Crippen molar-refractivity contribution in [1.82, 2.24) is 4.72 Å². The number of carboxylic acids is 1. The fourth-order valence-corrected chi connectivity index (χ4v) is 3.40. The summed E-state index contributed by atoms with van der Waals surface area (Å²) in [4.78, 5) is 10.7. The van der Waals surface area contributed by atoms with Gasteiger partial charge < -0.3 is 9.84 Å². The minimum atomic E-state index is -3.57. The summed E-state index contributed by atoms with van der Waals surface area (Å²) in [5, 5.41) is 8.68. The molecule has 2 rings (SSSR count). The number of hydrogen-bond acceptors (Lipinski definition) is 4. The normalized spacial score (nSPS) is 22.3. The lowest BCUT2D eigenvalue weighted by Crippen LogP contribution is -2.32. The lowest BCUT2D eigenvalue weighted by molar-refractivity contribution is -0.136. The molecule has 2 atom stereocenters. The molecule has 1 fully saturated rings. The van der Waals surface area contributed by atoms with Crippen LogP contribution in [0.2, 0.25) is 0 Å². The van der Waals surface area contributed by atoms with E-state index in [-0.39, 0.29) is 23.3 Å². The topological polar surface area (TPSA) is 92.7 Å². The van der Waals surface area contributed by atoms with Crippen molar-refractivity contribution >= 4 is 16.0 Å². The molecule has 0 saturated carbocycles. The van der Waals surface area contributed by atoms with Crippen LogP contribution in [-0.4, -0.2) is 38.7 Å². The number of nitrogens with one attached hydrogen (secondary N) is 1. The maximum atomic E-state index is 12.2. The van der Waals surface area contributed by atoms with Gasteiger partial charge in [-0.1, -0.05) is 12.1 Å². The fraction of sp³-hybridized carbons (Fsp3) is 0.500. The van der Waals surface area contributed by atoms with Crippen LogP contribution in [0.1, 0.15) is 18.9 Å². The Morgan fingerprint density at radius 1 is 1.38 bits per heavy atom. The van der Waals surface area contributed by atoms with E-state index in [2.05, 4.69) is 4.72 Å². The molecule has 0 aliphatic carbocycles. The molecule has 0 aromatic heterocycles. The summed E-state index contributed by atoms with van der Waals surface area (Å²) in [5.74, 6) is -0.759. The van der Waals surface area contributed by atoms with Crippen LogP contribution >= 0.6 is 0 Å². The second kappa shape index (κ2) is 6.55. The Kier molecular flexibility index (Phi) is 4.97. The zero-order valence-electron chi connectivity index (χ0n) is 11.8. The quantitative estimate of drug-likeness (QED) is 0.818. The summed E-state index contributed by atoms with van der Waals surface area (Å²) < 4.78 is 32.3. The number of ether oxygens (including phenoxy) is 1. The minimum absolute atomic E-state index is 0.0608. The molecule has 0 spiro atoms. The highest BCUT2D eigenvalue weighted by Gasteiger charge is 2.26. The average molecular weight is 313 g/mol. The Labute approximate surface area is 124 Å². The molecule has 1 aliphatic rings. The van der Waals surface area contributed by atoms with Gasteiger partial charge in [0.2, 0.25) is 10.0 Å². The van der Waals surface area contributed by atoms with E-state index < -0.39 is 16.0 Å². The molecule has 116 valence electrons. The van der Waals surface area contributed by atoms with Crippen molar-refractivity contribution in [3.63, 3.8) is 0 Å². The van der Waals surface area contributed by atoms with Crippen molar-refractivity contribution in [2.45, 2.75) is 30.8 Å². The summed E-state index contributed by atoms with van der Waals surface area (Å²) in [7, 11) is -3.57. The number of rotatable bonds is 6. The van der Waals surface area contributed by atoms with Crippen LogP contribution in [0.25, 0.3) is 0 Å². The first-order chi connectivity index (χ1) is 9.88. The number of carboxylic acid groups (broad SMARTS) is 1. The summed E-state index contributed by atoms with van der Waals surface area (Å²) in [5.41, 5.74) is 0.569. The lowest BCUT2D eigenvalue weighted by Gasteiger charge is -2.15. The maximum Gasteiger partial charge on any atom is 0.307 e. The first-order valence-electron chi connectivity index (χ1n) is 6.80. The monoisotopic (exact) mass is 313 g/mol. The van der Waals surface area contributed by atoms with Gasteiger partial charge in [-0.2, -0.15) is 0 Å². The van der Waals surface area contributed by atoms with Crippen LogP contribution in [0, 0.1) is 5.92 Å². The van der Waals surface area contributed by atoms with Gasteiger partial charge in [-0.05, 0) is 31.0 Å². The van der Waals surface area contributed by atoms with Crippen molar-refractivity contribution in [2.24, 2.45) is 5.92 Å². The molecule has 1 aromatic carbocycles. The van der Waals surface area contributed by atoms with Crippen LogP contribution in [0.3, 0.4) is 0 Å².